The molecule has 2 aromatic carbocycles. The zero-order valence-electron chi connectivity index (χ0n) is 23.2. The van der Waals surface area contributed by atoms with Gasteiger partial charge in [0.05, 0.1) is 5.69 Å². The van der Waals surface area contributed by atoms with Crippen LogP contribution in [0.3, 0.4) is 0 Å². The van der Waals surface area contributed by atoms with Gasteiger partial charge in [-0.15, -0.1) is 0 Å². The lowest BCUT2D eigenvalue weighted by Crippen LogP contribution is -2.47. The van der Waals surface area contributed by atoms with Gasteiger partial charge in [0, 0.05) is 84.2 Å². The molecule has 1 aromatic heterocycles. The van der Waals surface area contributed by atoms with Gasteiger partial charge in [0.15, 0.2) is 5.82 Å². The first-order valence-corrected chi connectivity index (χ1v) is 14.3. The second-order valence-corrected chi connectivity index (χ2v) is 11.4. The van der Waals surface area contributed by atoms with Gasteiger partial charge in [0.1, 0.15) is 11.3 Å². The third-order valence-corrected chi connectivity index (χ3v) is 7.85. The fourth-order valence-corrected chi connectivity index (χ4v) is 5.07. The quantitative estimate of drug-likeness (QED) is 0.381. The highest BCUT2D eigenvalue weighted by Gasteiger charge is 2.24. The van der Waals surface area contributed by atoms with Crippen molar-refractivity contribution in [2.45, 2.75) is 19.9 Å². The number of carbonyl (C=O) groups excluding carboxylic acids is 2. The lowest BCUT2D eigenvalue weighted by Gasteiger charge is -2.34. The van der Waals surface area contributed by atoms with Gasteiger partial charge in [-0.1, -0.05) is 12.1 Å². The standard InChI is InChI=1S/C27H32FN5O7S/c1-17(34)33-12-10-32(11-13-33)16-22-20-9-8-19(39-27(36)31(3)4)15-24(20)40-26(35)21(22)14-18-6-5-7-23(25(18)28)30-41(37,38)29-2/h5-9,15,29-30H,10-14,16H2,1-4H3. The average Bonchev–Trinajstić information content (AvgIpc) is 2.92. The molecule has 2 heterocycles. The third kappa shape index (κ3) is 7.01. The van der Waals surface area contributed by atoms with Crippen molar-refractivity contribution in [3.63, 3.8) is 0 Å². The molecule has 0 radical (unpaired) electrons. The second kappa shape index (κ2) is 12.2. The summed E-state index contributed by atoms with van der Waals surface area (Å²) >= 11 is 0. The molecule has 0 saturated carbocycles. The Bertz CT molecular complexity index is 1630. The highest BCUT2D eigenvalue weighted by Crippen LogP contribution is 2.29. The van der Waals surface area contributed by atoms with Crippen LogP contribution in [0.5, 0.6) is 5.75 Å². The molecule has 0 bridgehead atoms. The van der Waals surface area contributed by atoms with Gasteiger partial charge < -0.3 is 19.0 Å². The number of nitrogens with one attached hydrogen (secondary N) is 2. The molecule has 14 heteroatoms. The fraction of sp³-hybridized carbons (Fsp3) is 0.370. The molecule has 41 heavy (non-hydrogen) atoms. The maximum Gasteiger partial charge on any atom is 0.414 e. The molecule has 2 N–H and O–H groups in total. The third-order valence-electron chi connectivity index (χ3n) is 6.82. The molecule has 4 rings (SSSR count). The second-order valence-electron chi connectivity index (χ2n) is 9.81. The number of hydrogen-bond acceptors (Lipinski definition) is 8. The minimum absolute atomic E-state index is 0.0137. The van der Waals surface area contributed by atoms with Crippen LogP contribution in [0, 0.1) is 5.82 Å². The zero-order valence-corrected chi connectivity index (χ0v) is 24.0. The maximum atomic E-state index is 15.4. The SMILES string of the molecule is CNS(=O)(=O)Nc1cccc(Cc2c(CN3CCN(C(C)=O)CC3)c3ccc(OC(=O)N(C)C)cc3oc2=O)c1F. The van der Waals surface area contributed by atoms with E-state index in [-0.39, 0.29) is 40.5 Å². The molecule has 12 nitrogen and oxygen atoms in total. The Balaban J connectivity index is 1.76. The Morgan fingerprint density at radius 3 is 2.44 bits per heavy atom. The predicted molar refractivity (Wildman–Crippen MR) is 151 cm³/mol. The summed E-state index contributed by atoms with van der Waals surface area (Å²) in [7, 11) is 0.301. The molecule has 1 saturated heterocycles. The van der Waals surface area contributed by atoms with Gasteiger partial charge >= 0.3 is 11.7 Å². The summed E-state index contributed by atoms with van der Waals surface area (Å²) in [6.45, 7) is 4.01. The van der Waals surface area contributed by atoms with E-state index in [4.69, 9.17) is 9.15 Å². The molecular formula is C27H32FN5O7S. The molecule has 3 aromatic rings. The molecule has 0 spiro atoms. The van der Waals surface area contributed by atoms with E-state index in [9.17, 15) is 22.8 Å². The minimum Gasteiger partial charge on any atom is -0.422 e. The van der Waals surface area contributed by atoms with Crippen molar-refractivity contribution in [1.29, 1.82) is 0 Å². The summed E-state index contributed by atoms with van der Waals surface area (Å²) in [6, 6.07) is 8.94. The van der Waals surface area contributed by atoms with E-state index in [0.29, 0.717) is 43.7 Å². The van der Waals surface area contributed by atoms with Crippen LogP contribution in [-0.4, -0.2) is 82.4 Å². The van der Waals surface area contributed by atoms with Crippen LogP contribution in [0.1, 0.15) is 23.6 Å². The summed E-state index contributed by atoms with van der Waals surface area (Å²) in [5.41, 5.74) is 0.113. The number of piperazine rings is 1. The molecule has 0 atom stereocenters. The van der Waals surface area contributed by atoms with E-state index in [2.05, 4.69) is 14.3 Å². The Hall–Kier alpha value is -4.01. The van der Waals surface area contributed by atoms with Crippen molar-refractivity contribution in [3.05, 3.63) is 69.3 Å². The number of amides is 2. The smallest absolute Gasteiger partial charge is 0.414 e. The summed E-state index contributed by atoms with van der Waals surface area (Å²) in [6.07, 6.45) is -0.768. The molecule has 1 aliphatic heterocycles. The van der Waals surface area contributed by atoms with Crippen molar-refractivity contribution < 1.29 is 31.6 Å². The van der Waals surface area contributed by atoms with E-state index in [1.807, 2.05) is 0 Å². The van der Waals surface area contributed by atoms with Crippen LogP contribution in [0.25, 0.3) is 11.0 Å². The predicted octanol–water partition coefficient (Wildman–Crippen LogP) is 2.12. The molecule has 1 aliphatic rings. The number of ether oxygens (including phenoxy) is 1. The lowest BCUT2D eigenvalue weighted by molar-refractivity contribution is -0.130. The van der Waals surface area contributed by atoms with Crippen molar-refractivity contribution in [2.75, 3.05) is 52.0 Å². The normalized spacial score (nSPS) is 14.2. The van der Waals surface area contributed by atoms with Crippen molar-refractivity contribution in [3.8, 4) is 5.75 Å². The van der Waals surface area contributed by atoms with Crippen LogP contribution in [0.15, 0.2) is 45.6 Å². The molecule has 0 unspecified atom stereocenters. The van der Waals surface area contributed by atoms with Gasteiger partial charge in [-0.2, -0.15) is 8.42 Å². The topological polar surface area (TPSA) is 142 Å². The number of benzene rings is 2. The fourth-order valence-electron chi connectivity index (χ4n) is 4.52. The van der Waals surface area contributed by atoms with Gasteiger partial charge in [-0.05, 0) is 29.3 Å². The Labute approximate surface area is 236 Å². The number of hydrogen-bond donors (Lipinski definition) is 2. The lowest BCUT2D eigenvalue weighted by atomic mass is 9.97. The number of fused-ring (bicyclic) bond motifs is 1. The van der Waals surface area contributed by atoms with Gasteiger partial charge in [0.25, 0.3) is 10.2 Å². The van der Waals surface area contributed by atoms with Crippen LogP contribution >= 0.6 is 0 Å². The summed E-state index contributed by atoms with van der Waals surface area (Å²) < 4.78 is 54.5. The van der Waals surface area contributed by atoms with Crippen LogP contribution in [0.4, 0.5) is 14.9 Å². The highest BCUT2D eigenvalue weighted by atomic mass is 32.2. The summed E-state index contributed by atoms with van der Waals surface area (Å²) in [5, 5.41) is 0.575. The van der Waals surface area contributed by atoms with E-state index in [1.54, 1.807) is 17.0 Å². The van der Waals surface area contributed by atoms with Crippen molar-refractivity contribution in [1.82, 2.24) is 19.4 Å². The number of nitrogens with zero attached hydrogens (tertiary/aromatic N) is 3. The van der Waals surface area contributed by atoms with Gasteiger partial charge in [-0.3, -0.25) is 14.4 Å². The molecular weight excluding hydrogens is 557 g/mol. The molecule has 220 valence electrons. The first-order valence-electron chi connectivity index (χ1n) is 12.8. The van der Waals surface area contributed by atoms with Crippen LogP contribution in [0.2, 0.25) is 0 Å². The van der Waals surface area contributed by atoms with Crippen molar-refractivity contribution >= 4 is 38.9 Å². The monoisotopic (exact) mass is 589 g/mol. The Morgan fingerprint density at radius 2 is 1.80 bits per heavy atom. The molecule has 2 amide bonds. The number of rotatable bonds is 8. The van der Waals surface area contributed by atoms with Crippen LogP contribution < -0.4 is 19.8 Å². The van der Waals surface area contributed by atoms with Crippen molar-refractivity contribution in [2.24, 2.45) is 0 Å². The summed E-state index contributed by atoms with van der Waals surface area (Å²) in [5.74, 6) is -0.651. The number of anilines is 1. The molecule has 0 aliphatic carbocycles. The van der Waals surface area contributed by atoms with E-state index in [0.717, 1.165) is 0 Å². The Kier molecular flexibility index (Phi) is 8.95. The first kappa shape index (κ1) is 30.0. The van der Waals surface area contributed by atoms with E-state index < -0.39 is 27.7 Å². The zero-order chi connectivity index (χ0) is 29.9. The largest absolute Gasteiger partial charge is 0.422 e. The number of halogens is 1. The number of carbonyl (C=O) groups is 2. The van der Waals surface area contributed by atoms with Crippen LogP contribution in [-0.2, 0) is 28.0 Å². The van der Waals surface area contributed by atoms with Gasteiger partial charge in [0.2, 0.25) is 5.91 Å². The van der Waals surface area contributed by atoms with E-state index >= 15 is 4.39 Å². The van der Waals surface area contributed by atoms with Gasteiger partial charge in [-0.25, -0.2) is 18.7 Å². The first-order chi connectivity index (χ1) is 19.4. The average molecular weight is 590 g/mol. The van der Waals surface area contributed by atoms with E-state index in [1.165, 1.54) is 57.2 Å². The Morgan fingerprint density at radius 1 is 1.10 bits per heavy atom. The minimum atomic E-state index is -3.97. The maximum absolute atomic E-state index is 15.4. The molecule has 1 fully saturated rings. The summed E-state index contributed by atoms with van der Waals surface area (Å²) in [4.78, 5) is 42.3. The highest BCUT2D eigenvalue weighted by molar-refractivity contribution is 7.90.